The normalized spacial score (nSPS) is 18.8. The third-order valence-electron chi connectivity index (χ3n) is 4.41. The Morgan fingerprint density at radius 2 is 2.08 bits per heavy atom. The van der Waals surface area contributed by atoms with Crippen molar-refractivity contribution in [2.24, 2.45) is 0 Å². The summed E-state index contributed by atoms with van der Waals surface area (Å²) >= 11 is 1.57. The van der Waals surface area contributed by atoms with Gasteiger partial charge in [-0.15, -0.1) is 11.3 Å². The second kappa shape index (κ2) is 7.02. The molecule has 0 spiro atoms. The summed E-state index contributed by atoms with van der Waals surface area (Å²) in [5.74, 6) is 1.47. The molecule has 0 radical (unpaired) electrons. The zero-order chi connectivity index (χ0) is 18.1. The first-order valence-electron chi connectivity index (χ1n) is 8.43. The summed E-state index contributed by atoms with van der Waals surface area (Å²) in [7, 11) is 0. The highest BCUT2D eigenvalue weighted by molar-refractivity contribution is 7.21. The fourth-order valence-corrected chi connectivity index (χ4v) is 4.13. The number of halogens is 3. The Labute approximate surface area is 152 Å². The summed E-state index contributed by atoms with van der Waals surface area (Å²) in [6, 6.07) is 11.7. The lowest BCUT2D eigenvalue weighted by molar-refractivity contribution is -0.143. The summed E-state index contributed by atoms with van der Waals surface area (Å²) < 4.78 is 44.3. The predicted octanol–water partition coefficient (Wildman–Crippen LogP) is 4.28. The molecule has 1 unspecified atom stereocenters. The lowest BCUT2D eigenvalue weighted by Crippen LogP contribution is -2.36. The Hall–Kier alpha value is -1.90. The van der Waals surface area contributed by atoms with Crippen LogP contribution < -0.4 is 5.32 Å². The number of benzene rings is 1. The number of rotatable bonds is 5. The van der Waals surface area contributed by atoms with Gasteiger partial charge >= 0.3 is 6.18 Å². The Morgan fingerprint density at radius 1 is 1.23 bits per heavy atom. The highest BCUT2D eigenvalue weighted by atomic mass is 32.1. The average Bonchev–Trinajstić information content (AvgIpc) is 3.30. The number of para-hydroxylation sites is 1. The molecule has 2 aromatic heterocycles. The van der Waals surface area contributed by atoms with Crippen LogP contribution in [0.1, 0.15) is 12.2 Å². The molecule has 0 saturated carbocycles. The van der Waals surface area contributed by atoms with Crippen molar-refractivity contribution in [3.05, 3.63) is 42.2 Å². The number of nitrogens with one attached hydrogen (secondary N) is 1. The van der Waals surface area contributed by atoms with Crippen LogP contribution in [-0.2, 0) is 6.54 Å². The second-order valence-electron chi connectivity index (χ2n) is 6.47. The van der Waals surface area contributed by atoms with E-state index in [4.69, 9.17) is 4.42 Å². The molecule has 138 valence electrons. The van der Waals surface area contributed by atoms with Gasteiger partial charge in [-0.05, 0) is 30.7 Å². The van der Waals surface area contributed by atoms with Crippen LogP contribution in [0.15, 0.2) is 40.8 Å². The standard InChI is InChI=1S/C18H18F3N3OS/c19-18(20,21)11-24-8-7-12(10-24)22-9-13-5-6-15(25-13)17-23-14-3-1-2-4-16(14)26-17/h1-6,12,22H,7-11H2. The maximum atomic E-state index is 12.4. The highest BCUT2D eigenvalue weighted by Crippen LogP contribution is 2.31. The van der Waals surface area contributed by atoms with Crippen molar-refractivity contribution in [1.82, 2.24) is 15.2 Å². The van der Waals surface area contributed by atoms with Crippen LogP contribution in [0.3, 0.4) is 0 Å². The first-order valence-corrected chi connectivity index (χ1v) is 9.25. The quantitative estimate of drug-likeness (QED) is 0.716. The van der Waals surface area contributed by atoms with Crippen molar-refractivity contribution in [3.8, 4) is 10.8 Å². The lowest BCUT2D eigenvalue weighted by Gasteiger charge is -2.18. The van der Waals surface area contributed by atoms with Crippen molar-refractivity contribution in [2.45, 2.75) is 25.2 Å². The average molecular weight is 381 g/mol. The summed E-state index contributed by atoms with van der Waals surface area (Å²) in [5, 5.41) is 4.11. The van der Waals surface area contributed by atoms with Crippen LogP contribution in [-0.4, -0.2) is 41.7 Å². The van der Waals surface area contributed by atoms with Gasteiger partial charge in [0.15, 0.2) is 10.8 Å². The topological polar surface area (TPSA) is 41.3 Å². The van der Waals surface area contributed by atoms with E-state index < -0.39 is 12.7 Å². The van der Waals surface area contributed by atoms with Crippen LogP contribution in [0.2, 0.25) is 0 Å². The van der Waals surface area contributed by atoms with Crippen molar-refractivity contribution in [2.75, 3.05) is 19.6 Å². The van der Waals surface area contributed by atoms with E-state index in [0.717, 1.165) is 21.0 Å². The van der Waals surface area contributed by atoms with Gasteiger partial charge in [0.25, 0.3) is 0 Å². The third kappa shape index (κ3) is 4.08. The Morgan fingerprint density at radius 3 is 2.88 bits per heavy atom. The summed E-state index contributed by atoms with van der Waals surface area (Å²) in [5.41, 5.74) is 0.944. The zero-order valence-corrected chi connectivity index (χ0v) is 14.7. The van der Waals surface area contributed by atoms with E-state index in [1.807, 2.05) is 36.4 Å². The van der Waals surface area contributed by atoms with Gasteiger partial charge in [-0.2, -0.15) is 13.2 Å². The summed E-state index contributed by atoms with van der Waals surface area (Å²) in [6.45, 7) is 0.528. The molecule has 0 amide bonds. The molecule has 4 nitrogen and oxygen atoms in total. The molecule has 0 aliphatic carbocycles. The molecule has 3 heterocycles. The molecule has 1 N–H and O–H groups in total. The van der Waals surface area contributed by atoms with Crippen molar-refractivity contribution < 1.29 is 17.6 Å². The molecule has 1 aromatic carbocycles. The molecule has 1 saturated heterocycles. The summed E-state index contributed by atoms with van der Waals surface area (Å²) in [4.78, 5) is 6.01. The van der Waals surface area contributed by atoms with E-state index in [2.05, 4.69) is 10.3 Å². The van der Waals surface area contributed by atoms with Gasteiger partial charge in [-0.25, -0.2) is 4.98 Å². The minimum Gasteiger partial charge on any atom is -0.457 e. The molecule has 1 aliphatic rings. The van der Waals surface area contributed by atoms with Gasteiger partial charge in [0.2, 0.25) is 0 Å². The fourth-order valence-electron chi connectivity index (χ4n) is 3.21. The van der Waals surface area contributed by atoms with Gasteiger partial charge < -0.3 is 9.73 Å². The Balaban J connectivity index is 1.34. The highest BCUT2D eigenvalue weighted by Gasteiger charge is 2.34. The molecular formula is C18H18F3N3OS. The van der Waals surface area contributed by atoms with Gasteiger partial charge in [-0.3, -0.25) is 4.90 Å². The number of thiazole rings is 1. The van der Waals surface area contributed by atoms with Gasteiger partial charge in [0, 0.05) is 19.1 Å². The maximum Gasteiger partial charge on any atom is 0.401 e. The van der Waals surface area contributed by atoms with E-state index in [-0.39, 0.29) is 6.04 Å². The number of aromatic nitrogens is 1. The molecule has 1 atom stereocenters. The number of likely N-dealkylation sites (tertiary alicyclic amines) is 1. The molecule has 1 fully saturated rings. The number of fused-ring (bicyclic) bond motifs is 1. The first-order chi connectivity index (χ1) is 12.5. The molecule has 4 rings (SSSR count). The first kappa shape index (κ1) is 17.5. The number of alkyl halides is 3. The minimum atomic E-state index is -4.14. The third-order valence-corrected chi connectivity index (χ3v) is 5.46. The smallest absolute Gasteiger partial charge is 0.401 e. The number of hydrogen-bond acceptors (Lipinski definition) is 5. The largest absolute Gasteiger partial charge is 0.457 e. The maximum absolute atomic E-state index is 12.4. The zero-order valence-electron chi connectivity index (χ0n) is 13.9. The molecule has 8 heteroatoms. The van der Waals surface area contributed by atoms with E-state index >= 15 is 0 Å². The van der Waals surface area contributed by atoms with Crippen molar-refractivity contribution in [1.29, 1.82) is 0 Å². The number of hydrogen-bond donors (Lipinski definition) is 1. The lowest BCUT2D eigenvalue weighted by atomic mass is 10.2. The van der Waals surface area contributed by atoms with Crippen LogP contribution in [0.5, 0.6) is 0 Å². The van der Waals surface area contributed by atoms with Crippen LogP contribution in [0.25, 0.3) is 21.0 Å². The predicted molar refractivity (Wildman–Crippen MR) is 95.1 cm³/mol. The molecular weight excluding hydrogens is 363 g/mol. The van der Waals surface area contributed by atoms with E-state index in [1.165, 1.54) is 4.90 Å². The SMILES string of the molecule is FC(F)(F)CN1CCC(NCc2ccc(-c3nc4ccccc4s3)o2)C1. The number of nitrogens with zero attached hydrogens (tertiary/aromatic N) is 2. The van der Waals surface area contributed by atoms with Gasteiger partial charge in [0.1, 0.15) is 5.76 Å². The fraction of sp³-hybridized carbons (Fsp3) is 0.389. The van der Waals surface area contributed by atoms with Crippen LogP contribution in [0.4, 0.5) is 13.2 Å². The monoisotopic (exact) mass is 381 g/mol. The Kier molecular flexibility index (Phi) is 4.73. The molecule has 3 aromatic rings. The van der Waals surface area contributed by atoms with E-state index in [0.29, 0.717) is 31.8 Å². The Bertz CT molecular complexity index is 856. The van der Waals surface area contributed by atoms with Crippen LogP contribution >= 0.6 is 11.3 Å². The van der Waals surface area contributed by atoms with Crippen molar-refractivity contribution in [3.63, 3.8) is 0 Å². The number of furan rings is 1. The second-order valence-corrected chi connectivity index (χ2v) is 7.50. The van der Waals surface area contributed by atoms with Crippen molar-refractivity contribution >= 4 is 21.6 Å². The van der Waals surface area contributed by atoms with E-state index in [9.17, 15) is 13.2 Å². The van der Waals surface area contributed by atoms with Crippen LogP contribution in [0, 0.1) is 0 Å². The van der Waals surface area contributed by atoms with E-state index in [1.54, 1.807) is 11.3 Å². The summed E-state index contributed by atoms with van der Waals surface area (Å²) in [6.07, 6.45) is -3.43. The van der Waals surface area contributed by atoms with Gasteiger partial charge in [0.05, 0.1) is 23.3 Å². The molecule has 26 heavy (non-hydrogen) atoms. The minimum absolute atomic E-state index is 0.0494. The van der Waals surface area contributed by atoms with Gasteiger partial charge in [-0.1, -0.05) is 12.1 Å². The molecule has 1 aliphatic heterocycles. The molecule has 0 bridgehead atoms.